The van der Waals surface area contributed by atoms with E-state index in [4.69, 9.17) is 0 Å². The highest BCUT2D eigenvalue weighted by Crippen LogP contribution is 2.19. The van der Waals surface area contributed by atoms with Crippen molar-refractivity contribution in [3.05, 3.63) is 18.0 Å². The molecule has 5 nitrogen and oxygen atoms in total. The van der Waals surface area contributed by atoms with Crippen LogP contribution in [0.25, 0.3) is 0 Å². The number of hydrogen-bond donors (Lipinski definition) is 3. The minimum Gasteiger partial charge on any atom is -0.363 e. The van der Waals surface area contributed by atoms with E-state index in [2.05, 4.69) is 21.9 Å². The summed E-state index contributed by atoms with van der Waals surface area (Å²) in [6.07, 6.45) is 4.13. The van der Waals surface area contributed by atoms with Crippen LogP contribution in [0.3, 0.4) is 0 Å². The van der Waals surface area contributed by atoms with Crippen LogP contribution in [0.4, 0.5) is 0 Å². The number of hydrogen-bond acceptors (Lipinski definition) is 3. The minimum atomic E-state index is -3.46. The zero-order valence-corrected chi connectivity index (χ0v) is 13.7. The van der Waals surface area contributed by atoms with E-state index in [1.807, 2.05) is 20.8 Å². The third-order valence-corrected chi connectivity index (χ3v) is 5.33. The van der Waals surface area contributed by atoms with Gasteiger partial charge in [0.25, 0.3) is 0 Å². The van der Waals surface area contributed by atoms with Crippen LogP contribution in [-0.4, -0.2) is 25.5 Å². The second kappa shape index (κ2) is 7.24. The van der Waals surface area contributed by atoms with Crippen LogP contribution >= 0.6 is 0 Å². The summed E-state index contributed by atoms with van der Waals surface area (Å²) < 4.78 is 27.5. The number of sulfonamides is 1. The number of H-pyrrole nitrogens is 1. The standard InChI is InChI=1S/C14H27N3O2S/c1-5-8-15-10-12-9-13(11-16-12)20(18,19)17-14(4,6-2)7-3/h9,11,15-17H,5-8,10H2,1-4H3. The maximum Gasteiger partial charge on any atom is 0.242 e. The lowest BCUT2D eigenvalue weighted by Crippen LogP contribution is -2.44. The molecule has 1 aromatic heterocycles. The summed E-state index contributed by atoms with van der Waals surface area (Å²) in [6, 6.07) is 1.69. The highest BCUT2D eigenvalue weighted by Gasteiger charge is 2.27. The van der Waals surface area contributed by atoms with Gasteiger partial charge in [-0.2, -0.15) is 0 Å². The van der Waals surface area contributed by atoms with E-state index in [0.29, 0.717) is 11.4 Å². The maximum absolute atomic E-state index is 12.4. The van der Waals surface area contributed by atoms with E-state index >= 15 is 0 Å². The van der Waals surface area contributed by atoms with Crippen LogP contribution in [0, 0.1) is 0 Å². The normalized spacial score (nSPS) is 12.8. The summed E-state index contributed by atoms with van der Waals surface area (Å²) in [7, 11) is -3.46. The highest BCUT2D eigenvalue weighted by molar-refractivity contribution is 7.89. The Labute approximate surface area is 122 Å². The number of nitrogens with one attached hydrogen (secondary N) is 3. The first-order valence-electron chi connectivity index (χ1n) is 7.29. The molecular weight excluding hydrogens is 274 g/mol. The average Bonchev–Trinajstić information content (AvgIpc) is 2.88. The predicted molar refractivity (Wildman–Crippen MR) is 82.1 cm³/mol. The zero-order chi connectivity index (χ0) is 15.2. The number of rotatable bonds is 9. The molecule has 0 aliphatic carbocycles. The Balaban J connectivity index is 2.78. The number of aromatic nitrogens is 1. The molecule has 0 radical (unpaired) electrons. The molecule has 0 saturated heterocycles. The van der Waals surface area contributed by atoms with Crippen molar-refractivity contribution in [1.82, 2.24) is 15.0 Å². The van der Waals surface area contributed by atoms with Crippen molar-refractivity contribution in [1.29, 1.82) is 0 Å². The van der Waals surface area contributed by atoms with Crippen molar-refractivity contribution in [3.8, 4) is 0 Å². The van der Waals surface area contributed by atoms with Gasteiger partial charge in [-0.1, -0.05) is 20.8 Å². The first-order chi connectivity index (χ1) is 9.37. The molecule has 1 rings (SSSR count). The zero-order valence-electron chi connectivity index (χ0n) is 12.9. The lowest BCUT2D eigenvalue weighted by atomic mass is 9.98. The van der Waals surface area contributed by atoms with Gasteiger partial charge in [-0.25, -0.2) is 13.1 Å². The van der Waals surface area contributed by atoms with Gasteiger partial charge in [0.05, 0.1) is 4.90 Å². The topological polar surface area (TPSA) is 74.0 Å². The Hall–Kier alpha value is -0.850. The van der Waals surface area contributed by atoms with Crippen LogP contribution in [-0.2, 0) is 16.6 Å². The van der Waals surface area contributed by atoms with Crippen LogP contribution in [0.1, 0.15) is 52.7 Å². The molecule has 6 heteroatoms. The van der Waals surface area contributed by atoms with Gasteiger partial charge in [0.1, 0.15) is 0 Å². The molecule has 0 spiro atoms. The highest BCUT2D eigenvalue weighted by atomic mass is 32.2. The fourth-order valence-electron chi connectivity index (χ4n) is 1.85. The fraction of sp³-hybridized carbons (Fsp3) is 0.714. The van der Waals surface area contributed by atoms with E-state index in [0.717, 1.165) is 31.5 Å². The minimum absolute atomic E-state index is 0.305. The largest absolute Gasteiger partial charge is 0.363 e. The second-order valence-corrected chi connectivity index (χ2v) is 7.09. The molecule has 20 heavy (non-hydrogen) atoms. The number of aromatic amines is 1. The molecule has 0 fully saturated rings. The summed E-state index contributed by atoms with van der Waals surface area (Å²) >= 11 is 0. The molecule has 3 N–H and O–H groups in total. The summed E-state index contributed by atoms with van der Waals surface area (Å²) in [5.74, 6) is 0. The van der Waals surface area contributed by atoms with Crippen molar-refractivity contribution in [2.45, 2.75) is 63.9 Å². The molecule has 0 unspecified atom stereocenters. The van der Waals surface area contributed by atoms with Crippen molar-refractivity contribution >= 4 is 10.0 Å². The quantitative estimate of drug-likeness (QED) is 0.613. The Morgan fingerprint density at radius 3 is 2.45 bits per heavy atom. The third kappa shape index (κ3) is 4.61. The average molecular weight is 301 g/mol. The van der Waals surface area contributed by atoms with Gasteiger partial charge in [0.15, 0.2) is 0 Å². The van der Waals surface area contributed by atoms with Gasteiger partial charge in [-0.15, -0.1) is 0 Å². The van der Waals surface area contributed by atoms with Crippen molar-refractivity contribution < 1.29 is 8.42 Å². The lowest BCUT2D eigenvalue weighted by Gasteiger charge is -2.27. The van der Waals surface area contributed by atoms with Gasteiger partial charge < -0.3 is 10.3 Å². The van der Waals surface area contributed by atoms with Crippen LogP contribution in [0.5, 0.6) is 0 Å². The molecule has 1 aromatic rings. The van der Waals surface area contributed by atoms with Crippen molar-refractivity contribution in [2.24, 2.45) is 0 Å². The van der Waals surface area contributed by atoms with Gasteiger partial charge in [0.2, 0.25) is 10.0 Å². The molecule has 1 heterocycles. The molecule has 116 valence electrons. The van der Waals surface area contributed by atoms with Crippen molar-refractivity contribution in [3.63, 3.8) is 0 Å². The summed E-state index contributed by atoms with van der Waals surface area (Å²) in [4.78, 5) is 3.32. The monoisotopic (exact) mass is 301 g/mol. The molecular formula is C14H27N3O2S. The Kier molecular flexibility index (Phi) is 6.23. The van der Waals surface area contributed by atoms with Gasteiger partial charge in [0, 0.05) is 24.0 Å². The van der Waals surface area contributed by atoms with Crippen molar-refractivity contribution in [2.75, 3.05) is 6.54 Å². The SMILES string of the molecule is CCCNCc1cc(S(=O)(=O)NC(C)(CC)CC)c[nH]1. The molecule has 0 bridgehead atoms. The Bertz CT molecular complexity index is 504. The Morgan fingerprint density at radius 2 is 1.90 bits per heavy atom. The van der Waals surface area contributed by atoms with Gasteiger partial charge in [-0.3, -0.25) is 0 Å². The van der Waals surface area contributed by atoms with Gasteiger partial charge in [-0.05, 0) is 38.8 Å². The maximum atomic E-state index is 12.4. The van der Waals surface area contributed by atoms with E-state index < -0.39 is 15.6 Å². The third-order valence-electron chi connectivity index (χ3n) is 3.71. The van der Waals surface area contributed by atoms with Crippen LogP contribution < -0.4 is 10.0 Å². The van der Waals surface area contributed by atoms with Crippen LogP contribution in [0.15, 0.2) is 17.2 Å². The summed E-state index contributed by atoms with van der Waals surface area (Å²) in [5, 5.41) is 3.24. The molecule has 0 aliphatic heterocycles. The molecule has 0 aliphatic rings. The lowest BCUT2D eigenvalue weighted by molar-refractivity contribution is 0.389. The first-order valence-corrected chi connectivity index (χ1v) is 8.77. The smallest absolute Gasteiger partial charge is 0.242 e. The van der Waals surface area contributed by atoms with E-state index in [1.165, 1.54) is 0 Å². The fourth-order valence-corrected chi connectivity index (χ4v) is 3.42. The first kappa shape index (κ1) is 17.2. The van der Waals surface area contributed by atoms with E-state index in [-0.39, 0.29) is 0 Å². The van der Waals surface area contributed by atoms with Gasteiger partial charge >= 0.3 is 0 Å². The van der Waals surface area contributed by atoms with E-state index in [1.54, 1.807) is 12.3 Å². The van der Waals surface area contributed by atoms with Crippen LogP contribution in [0.2, 0.25) is 0 Å². The summed E-state index contributed by atoms with van der Waals surface area (Å²) in [5.41, 5.74) is 0.491. The predicted octanol–water partition coefficient (Wildman–Crippen LogP) is 2.37. The molecule has 0 saturated carbocycles. The Morgan fingerprint density at radius 1 is 1.25 bits per heavy atom. The molecule has 0 atom stereocenters. The molecule has 0 amide bonds. The summed E-state index contributed by atoms with van der Waals surface area (Å²) in [6.45, 7) is 9.58. The van der Waals surface area contributed by atoms with E-state index in [9.17, 15) is 8.42 Å². The second-order valence-electron chi connectivity index (χ2n) is 5.41. The molecule has 0 aromatic carbocycles.